The predicted molar refractivity (Wildman–Crippen MR) is 94.3 cm³/mol. The van der Waals surface area contributed by atoms with Crippen LogP contribution in [-0.4, -0.2) is 28.9 Å². The summed E-state index contributed by atoms with van der Waals surface area (Å²) in [6.07, 6.45) is 0.721. The lowest BCUT2D eigenvalue weighted by Gasteiger charge is -2.21. The molecular formula is C17H20Cl2N2O3. The molecule has 0 unspecified atom stereocenters. The number of aromatic nitrogens is 2. The second-order valence-corrected chi connectivity index (χ2v) is 7.21. The van der Waals surface area contributed by atoms with Gasteiger partial charge in [-0.2, -0.15) is 0 Å². The first-order valence-electron chi connectivity index (χ1n) is 7.44. The highest BCUT2D eigenvalue weighted by Crippen LogP contribution is 2.37. The van der Waals surface area contributed by atoms with E-state index in [-0.39, 0.29) is 19.0 Å². The highest BCUT2D eigenvalue weighted by Gasteiger charge is 2.21. The molecule has 0 bridgehead atoms. The minimum absolute atomic E-state index is 0.0193. The van der Waals surface area contributed by atoms with Crippen LogP contribution in [0.2, 0.25) is 10.3 Å². The Hall–Kier alpha value is -1.40. The maximum absolute atomic E-state index is 8.57. The Morgan fingerprint density at radius 3 is 2.25 bits per heavy atom. The number of rotatable bonds is 6. The van der Waals surface area contributed by atoms with Crippen molar-refractivity contribution < 1.29 is 14.6 Å². The molecule has 0 radical (unpaired) electrons. The zero-order valence-corrected chi connectivity index (χ0v) is 15.4. The van der Waals surface area contributed by atoms with Crippen LogP contribution in [0, 0.1) is 5.41 Å². The first kappa shape index (κ1) is 18.9. The van der Waals surface area contributed by atoms with Crippen LogP contribution in [0.5, 0.6) is 5.75 Å². The van der Waals surface area contributed by atoms with Crippen molar-refractivity contribution in [2.24, 2.45) is 5.41 Å². The standard InChI is InChI=1S/C17H20Cl2N2O3/c1-17(2,3)8-13-14(16(19)21-20-15(13)18)11-4-6-12(7-5-11)24-10-23-9-22/h4-7,22H,8-10H2,1-3H3. The smallest absolute Gasteiger partial charge is 0.191 e. The van der Waals surface area contributed by atoms with Crippen LogP contribution >= 0.6 is 23.2 Å². The zero-order valence-electron chi connectivity index (χ0n) is 13.8. The van der Waals surface area contributed by atoms with Gasteiger partial charge in [-0.1, -0.05) is 56.1 Å². The molecule has 0 aliphatic rings. The lowest BCUT2D eigenvalue weighted by molar-refractivity contribution is -0.0653. The molecule has 0 saturated heterocycles. The van der Waals surface area contributed by atoms with Gasteiger partial charge in [0.2, 0.25) is 0 Å². The van der Waals surface area contributed by atoms with Gasteiger partial charge in [0.25, 0.3) is 0 Å². The van der Waals surface area contributed by atoms with Crippen LogP contribution in [-0.2, 0) is 11.2 Å². The van der Waals surface area contributed by atoms with Gasteiger partial charge in [0.1, 0.15) is 12.5 Å². The number of ether oxygens (including phenoxy) is 2. The molecule has 0 saturated carbocycles. The maximum Gasteiger partial charge on any atom is 0.191 e. The zero-order chi connectivity index (χ0) is 17.7. The first-order valence-corrected chi connectivity index (χ1v) is 8.20. The minimum Gasteiger partial charge on any atom is -0.467 e. The number of hydrogen-bond donors (Lipinski definition) is 1. The van der Waals surface area contributed by atoms with Gasteiger partial charge >= 0.3 is 0 Å². The lowest BCUT2D eigenvalue weighted by Crippen LogP contribution is -2.12. The van der Waals surface area contributed by atoms with Crippen molar-refractivity contribution in [3.63, 3.8) is 0 Å². The number of aliphatic hydroxyl groups is 1. The third kappa shape index (κ3) is 5.05. The normalized spacial score (nSPS) is 11.6. The molecule has 1 aromatic carbocycles. The third-order valence-corrected chi connectivity index (χ3v) is 3.80. The molecule has 0 spiro atoms. The number of halogens is 2. The molecule has 0 amide bonds. The fraction of sp³-hybridized carbons (Fsp3) is 0.412. The molecule has 0 atom stereocenters. The summed E-state index contributed by atoms with van der Waals surface area (Å²) in [5, 5.41) is 17.1. The summed E-state index contributed by atoms with van der Waals surface area (Å²) in [5.41, 5.74) is 2.56. The Morgan fingerprint density at radius 2 is 1.67 bits per heavy atom. The maximum atomic E-state index is 8.57. The van der Waals surface area contributed by atoms with Gasteiger partial charge in [0, 0.05) is 11.1 Å². The van der Waals surface area contributed by atoms with E-state index in [9.17, 15) is 0 Å². The molecule has 2 aromatic rings. The van der Waals surface area contributed by atoms with Crippen molar-refractivity contribution in [3.8, 4) is 16.9 Å². The molecule has 0 aliphatic carbocycles. The molecule has 5 nitrogen and oxygen atoms in total. The Labute approximate surface area is 151 Å². The minimum atomic E-state index is -0.384. The fourth-order valence-electron chi connectivity index (χ4n) is 2.28. The van der Waals surface area contributed by atoms with Crippen molar-refractivity contribution >= 4 is 23.2 Å². The molecule has 130 valence electrons. The average molecular weight is 371 g/mol. The average Bonchev–Trinajstić information content (AvgIpc) is 2.51. The Balaban J connectivity index is 2.35. The highest BCUT2D eigenvalue weighted by molar-refractivity contribution is 6.34. The van der Waals surface area contributed by atoms with Crippen molar-refractivity contribution in [2.45, 2.75) is 27.2 Å². The van der Waals surface area contributed by atoms with Crippen LogP contribution < -0.4 is 4.74 Å². The Kier molecular flexibility index (Phi) is 6.40. The summed E-state index contributed by atoms with van der Waals surface area (Å²) in [6, 6.07) is 7.34. The van der Waals surface area contributed by atoms with E-state index in [1.165, 1.54) is 0 Å². The summed E-state index contributed by atoms with van der Waals surface area (Å²) in [6.45, 7) is 5.97. The summed E-state index contributed by atoms with van der Waals surface area (Å²) in [7, 11) is 0. The van der Waals surface area contributed by atoms with Gasteiger partial charge in [-0.3, -0.25) is 0 Å². The summed E-state index contributed by atoms with van der Waals surface area (Å²) in [5.74, 6) is 0.619. The number of aliphatic hydroxyl groups excluding tert-OH is 1. The van der Waals surface area contributed by atoms with E-state index in [1.54, 1.807) is 12.1 Å². The Bertz CT molecular complexity index is 685. The number of benzene rings is 1. The van der Waals surface area contributed by atoms with Crippen LogP contribution in [0.25, 0.3) is 11.1 Å². The molecule has 0 fully saturated rings. The van der Waals surface area contributed by atoms with Crippen molar-refractivity contribution in [1.29, 1.82) is 0 Å². The van der Waals surface area contributed by atoms with E-state index >= 15 is 0 Å². The van der Waals surface area contributed by atoms with E-state index in [0.717, 1.165) is 23.1 Å². The molecule has 1 heterocycles. The second kappa shape index (κ2) is 8.12. The summed E-state index contributed by atoms with van der Waals surface area (Å²) < 4.78 is 10.1. The van der Waals surface area contributed by atoms with E-state index < -0.39 is 0 Å². The second-order valence-electron chi connectivity index (χ2n) is 6.49. The largest absolute Gasteiger partial charge is 0.467 e. The van der Waals surface area contributed by atoms with Crippen LogP contribution in [0.4, 0.5) is 0 Å². The first-order chi connectivity index (χ1) is 11.3. The topological polar surface area (TPSA) is 64.5 Å². The SMILES string of the molecule is CC(C)(C)Cc1c(Cl)nnc(Cl)c1-c1ccc(OCOCO)cc1. The molecule has 24 heavy (non-hydrogen) atoms. The van der Waals surface area contributed by atoms with Crippen molar-refractivity contribution in [1.82, 2.24) is 10.2 Å². The molecule has 7 heteroatoms. The van der Waals surface area contributed by atoms with Gasteiger partial charge < -0.3 is 14.6 Å². The summed E-state index contributed by atoms with van der Waals surface area (Å²) >= 11 is 12.6. The number of hydrogen-bond acceptors (Lipinski definition) is 5. The molecule has 1 aromatic heterocycles. The molecule has 1 N–H and O–H groups in total. The van der Waals surface area contributed by atoms with Crippen LogP contribution in [0.3, 0.4) is 0 Å². The van der Waals surface area contributed by atoms with E-state index in [2.05, 4.69) is 31.0 Å². The fourth-order valence-corrected chi connectivity index (χ4v) is 2.74. The van der Waals surface area contributed by atoms with Gasteiger partial charge in [0.15, 0.2) is 17.1 Å². The molecular weight excluding hydrogens is 351 g/mol. The Morgan fingerprint density at radius 1 is 1.04 bits per heavy atom. The van der Waals surface area contributed by atoms with Crippen LogP contribution in [0.15, 0.2) is 24.3 Å². The lowest BCUT2D eigenvalue weighted by atomic mass is 9.86. The monoisotopic (exact) mass is 370 g/mol. The molecule has 0 aliphatic heterocycles. The predicted octanol–water partition coefficient (Wildman–Crippen LogP) is 4.34. The summed E-state index contributed by atoms with van der Waals surface area (Å²) in [4.78, 5) is 0. The van der Waals surface area contributed by atoms with Gasteiger partial charge in [-0.05, 0) is 29.5 Å². The number of nitrogens with zero attached hydrogens (tertiary/aromatic N) is 2. The van der Waals surface area contributed by atoms with Gasteiger partial charge in [-0.25, -0.2) is 0 Å². The van der Waals surface area contributed by atoms with Gasteiger partial charge in [0.05, 0.1) is 0 Å². The molecule has 2 rings (SSSR count). The van der Waals surface area contributed by atoms with Crippen molar-refractivity contribution in [3.05, 3.63) is 40.1 Å². The van der Waals surface area contributed by atoms with E-state index in [0.29, 0.717) is 16.1 Å². The third-order valence-electron chi connectivity index (χ3n) is 3.23. The van der Waals surface area contributed by atoms with E-state index in [4.69, 9.17) is 37.8 Å². The van der Waals surface area contributed by atoms with E-state index in [1.807, 2.05) is 12.1 Å². The van der Waals surface area contributed by atoms with Crippen molar-refractivity contribution in [2.75, 3.05) is 13.6 Å². The van der Waals surface area contributed by atoms with Gasteiger partial charge in [-0.15, -0.1) is 10.2 Å². The highest BCUT2D eigenvalue weighted by atomic mass is 35.5. The quantitative estimate of drug-likeness (QED) is 0.605. The van der Waals surface area contributed by atoms with Crippen LogP contribution in [0.1, 0.15) is 26.3 Å².